The molecule has 0 fully saturated rings. The number of hydrogen-bond acceptors (Lipinski definition) is 2. The number of allylic oxidation sites excluding steroid dienone is 2. The van der Waals surface area contributed by atoms with Gasteiger partial charge in [0.05, 0.1) is 5.41 Å². The molecule has 2 heteroatoms. The van der Waals surface area contributed by atoms with Crippen molar-refractivity contribution in [3.8, 4) is 11.1 Å². The molecule has 0 bridgehead atoms. The van der Waals surface area contributed by atoms with Crippen LogP contribution in [0.1, 0.15) is 24.0 Å². The summed E-state index contributed by atoms with van der Waals surface area (Å²) in [6, 6.07) is 18.1. The minimum Gasteiger partial charge on any atom is -0.129 e. The van der Waals surface area contributed by atoms with Crippen LogP contribution in [0.2, 0.25) is 0 Å². The predicted molar refractivity (Wildman–Crippen MR) is 93.8 cm³/mol. The fourth-order valence-electron chi connectivity index (χ4n) is 4.26. The van der Waals surface area contributed by atoms with Gasteiger partial charge in [0.25, 0.3) is 0 Å². The molecule has 0 nitrogen and oxygen atoms in total. The van der Waals surface area contributed by atoms with E-state index in [0.29, 0.717) is 0 Å². The maximum atomic E-state index is 2.37. The van der Waals surface area contributed by atoms with E-state index in [1.165, 1.54) is 35.5 Å². The van der Waals surface area contributed by atoms with E-state index >= 15 is 0 Å². The van der Waals surface area contributed by atoms with Crippen LogP contribution in [-0.2, 0) is 5.41 Å². The largest absolute Gasteiger partial charge is 0.129 e. The molecule has 2 aromatic rings. The molecule has 0 saturated heterocycles. The normalized spacial score (nSPS) is 21.3. The minimum absolute atomic E-state index is 0.167. The van der Waals surface area contributed by atoms with Gasteiger partial charge in [0, 0.05) is 16.4 Å². The molecule has 2 aliphatic carbocycles. The molecule has 0 aromatic heterocycles. The summed E-state index contributed by atoms with van der Waals surface area (Å²) in [4.78, 5) is 3.33. The zero-order valence-electron chi connectivity index (χ0n) is 11.8. The maximum absolute atomic E-state index is 2.37. The van der Waals surface area contributed by atoms with Gasteiger partial charge in [-0.15, -0.1) is 23.5 Å². The first-order chi connectivity index (χ1) is 10.4. The first-order valence-corrected chi connectivity index (χ1v) is 9.57. The second kappa shape index (κ2) is 4.44. The van der Waals surface area contributed by atoms with Gasteiger partial charge in [-0.05, 0) is 40.0 Å². The van der Waals surface area contributed by atoms with Crippen LogP contribution in [0.5, 0.6) is 0 Å². The summed E-state index contributed by atoms with van der Waals surface area (Å²) in [6.45, 7) is 0. The summed E-state index contributed by atoms with van der Waals surface area (Å²) >= 11 is 4.22. The van der Waals surface area contributed by atoms with Crippen LogP contribution < -0.4 is 0 Å². The molecular weight excluding hydrogens is 292 g/mol. The SMILES string of the molecule is c1ccc2c(c1)-c1ccccc1C21CCC2=C1SCCS2. The van der Waals surface area contributed by atoms with E-state index in [9.17, 15) is 0 Å². The highest BCUT2D eigenvalue weighted by molar-refractivity contribution is 8.10. The molecule has 2 aromatic carbocycles. The lowest BCUT2D eigenvalue weighted by Crippen LogP contribution is -2.24. The molecule has 1 aliphatic heterocycles. The summed E-state index contributed by atoms with van der Waals surface area (Å²) in [6.07, 6.45) is 2.52. The predicted octanol–water partition coefficient (Wildman–Crippen LogP) is 5.44. The summed E-state index contributed by atoms with van der Waals surface area (Å²) in [5, 5.41) is 0. The molecule has 104 valence electrons. The van der Waals surface area contributed by atoms with E-state index < -0.39 is 0 Å². The van der Waals surface area contributed by atoms with Crippen molar-refractivity contribution < 1.29 is 0 Å². The van der Waals surface area contributed by atoms with Crippen LogP contribution in [0.4, 0.5) is 0 Å². The summed E-state index contributed by atoms with van der Waals surface area (Å²) in [7, 11) is 0. The van der Waals surface area contributed by atoms with Gasteiger partial charge in [-0.25, -0.2) is 0 Å². The fourth-order valence-corrected chi connectivity index (χ4v) is 7.11. The molecule has 1 spiro atoms. The third-order valence-corrected chi connectivity index (χ3v) is 7.88. The number of thioether (sulfide) groups is 2. The molecule has 21 heavy (non-hydrogen) atoms. The van der Waals surface area contributed by atoms with Crippen molar-refractivity contribution in [2.24, 2.45) is 0 Å². The standard InChI is InChI=1S/C19H16S2/c1-3-7-15-13(5-1)14-6-2-4-8-16(14)19(15)10-9-17-18(19)21-12-11-20-17/h1-8H,9-12H2. The first kappa shape index (κ1) is 12.4. The third kappa shape index (κ3) is 1.50. The van der Waals surface area contributed by atoms with E-state index in [1.807, 2.05) is 0 Å². The van der Waals surface area contributed by atoms with Crippen LogP contribution in [0.15, 0.2) is 58.3 Å². The second-order valence-electron chi connectivity index (χ2n) is 5.95. The zero-order chi connectivity index (χ0) is 13.9. The number of benzene rings is 2. The van der Waals surface area contributed by atoms with Crippen molar-refractivity contribution in [3.63, 3.8) is 0 Å². The van der Waals surface area contributed by atoms with Gasteiger partial charge in [-0.3, -0.25) is 0 Å². The zero-order valence-corrected chi connectivity index (χ0v) is 13.4. The first-order valence-electron chi connectivity index (χ1n) is 7.60. The molecule has 1 heterocycles. The fraction of sp³-hybridized carbons (Fsp3) is 0.263. The highest BCUT2D eigenvalue weighted by atomic mass is 32.2. The van der Waals surface area contributed by atoms with E-state index in [2.05, 4.69) is 72.1 Å². The van der Waals surface area contributed by atoms with E-state index in [0.717, 1.165) is 0 Å². The van der Waals surface area contributed by atoms with Crippen LogP contribution in [0.25, 0.3) is 11.1 Å². The molecule has 0 amide bonds. The highest BCUT2D eigenvalue weighted by Crippen LogP contribution is 2.63. The topological polar surface area (TPSA) is 0 Å². The molecule has 0 N–H and O–H groups in total. The van der Waals surface area contributed by atoms with Crippen molar-refractivity contribution in [1.82, 2.24) is 0 Å². The Bertz CT molecular complexity index is 727. The van der Waals surface area contributed by atoms with Crippen LogP contribution in [0.3, 0.4) is 0 Å². The monoisotopic (exact) mass is 308 g/mol. The van der Waals surface area contributed by atoms with E-state index in [4.69, 9.17) is 0 Å². The number of rotatable bonds is 0. The third-order valence-electron chi connectivity index (χ3n) is 5.04. The van der Waals surface area contributed by atoms with Gasteiger partial charge in [-0.2, -0.15) is 0 Å². The van der Waals surface area contributed by atoms with Gasteiger partial charge in [-0.1, -0.05) is 48.5 Å². The Hall–Kier alpha value is -1.12. The average Bonchev–Trinajstić information content (AvgIpc) is 3.08. The van der Waals surface area contributed by atoms with Gasteiger partial charge < -0.3 is 0 Å². The van der Waals surface area contributed by atoms with E-state index in [-0.39, 0.29) is 5.41 Å². The Kier molecular flexibility index (Phi) is 2.63. The van der Waals surface area contributed by atoms with Crippen molar-refractivity contribution in [3.05, 3.63) is 69.5 Å². The molecule has 0 unspecified atom stereocenters. The van der Waals surface area contributed by atoms with E-state index in [1.54, 1.807) is 20.9 Å². The minimum atomic E-state index is 0.167. The number of hydrogen-bond donors (Lipinski definition) is 0. The molecule has 3 aliphatic rings. The van der Waals surface area contributed by atoms with Gasteiger partial charge in [0.1, 0.15) is 0 Å². The summed E-state index contributed by atoms with van der Waals surface area (Å²) in [5.74, 6) is 2.54. The Labute approximate surface area is 134 Å². The highest BCUT2D eigenvalue weighted by Gasteiger charge is 2.50. The summed E-state index contributed by atoms with van der Waals surface area (Å²) in [5.41, 5.74) is 6.18. The van der Waals surface area contributed by atoms with Crippen LogP contribution in [-0.4, -0.2) is 11.5 Å². The maximum Gasteiger partial charge on any atom is 0.0534 e. The lowest BCUT2D eigenvalue weighted by atomic mass is 9.77. The quantitative estimate of drug-likeness (QED) is 0.635. The van der Waals surface area contributed by atoms with Crippen LogP contribution in [0, 0.1) is 0 Å². The molecule has 0 saturated carbocycles. The lowest BCUT2D eigenvalue weighted by Gasteiger charge is -2.31. The Morgan fingerprint density at radius 1 is 0.762 bits per heavy atom. The van der Waals surface area contributed by atoms with Gasteiger partial charge in [0.2, 0.25) is 0 Å². The van der Waals surface area contributed by atoms with Crippen molar-refractivity contribution in [1.29, 1.82) is 0 Å². The molecule has 0 atom stereocenters. The van der Waals surface area contributed by atoms with Gasteiger partial charge >= 0.3 is 0 Å². The van der Waals surface area contributed by atoms with Gasteiger partial charge in [0.15, 0.2) is 0 Å². The smallest absolute Gasteiger partial charge is 0.0534 e. The molecule has 5 rings (SSSR count). The Balaban J connectivity index is 1.87. The van der Waals surface area contributed by atoms with Crippen molar-refractivity contribution >= 4 is 23.5 Å². The molecular formula is C19H16S2. The van der Waals surface area contributed by atoms with Crippen LogP contribution >= 0.6 is 23.5 Å². The van der Waals surface area contributed by atoms with Crippen molar-refractivity contribution in [2.75, 3.05) is 11.5 Å². The Morgan fingerprint density at radius 2 is 1.38 bits per heavy atom. The molecule has 0 radical (unpaired) electrons. The number of fused-ring (bicyclic) bond motifs is 6. The Morgan fingerprint density at radius 3 is 2.10 bits per heavy atom. The summed E-state index contributed by atoms with van der Waals surface area (Å²) < 4.78 is 0. The van der Waals surface area contributed by atoms with Crippen molar-refractivity contribution in [2.45, 2.75) is 18.3 Å². The second-order valence-corrected chi connectivity index (χ2v) is 8.24. The average molecular weight is 308 g/mol. The lowest BCUT2D eigenvalue weighted by molar-refractivity contribution is 0.632.